The maximum absolute atomic E-state index is 12.5. The molecule has 29 heavy (non-hydrogen) atoms. The number of carbonyl (C=O) groups is 1. The van der Waals surface area contributed by atoms with Crippen molar-refractivity contribution in [3.8, 4) is 17.0 Å². The Labute approximate surface area is 168 Å². The van der Waals surface area contributed by atoms with E-state index in [0.29, 0.717) is 11.5 Å². The van der Waals surface area contributed by atoms with Crippen LogP contribution >= 0.6 is 0 Å². The third-order valence-electron chi connectivity index (χ3n) is 4.83. The quantitative estimate of drug-likeness (QED) is 0.549. The van der Waals surface area contributed by atoms with Gasteiger partial charge in [0.25, 0.3) is 0 Å². The fraction of sp³-hybridized carbons (Fsp3) is 0.182. The van der Waals surface area contributed by atoms with Gasteiger partial charge >= 0.3 is 0 Å². The first-order valence-electron chi connectivity index (χ1n) is 9.34. The summed E-state index contributed by atoms with van der Waals surface area (Å²) in [7, 11) is 1.63. The monoisotopic (exact) mass is 387 g/mol. The molecule has 0 saturated carbocycles. The molecule has 2 aromatic heterocycles. The summed E-state index contributed by atoms with van der Waals surface area (Å²) in [5.74, 6) is 1.04. The summed E-state index contributed by atoms with van der Waals surface area (Å²) in [5.41, 5.74) is 3.33. The van der Waals surface area contributed by atoms with Gasteiger partial charge in [-0.3, -0.25) is 4.79 Å². The number of hydrogen-bond acceptors (Lipinski definition) is 5. The molecule has 0 radical (unpaired) electrons. The van der Waals surface area contributed by atoms with E-state index >= 15 is 0 Å². The van der Waals surface area contributed by atoms with Crippen LogP contribution in [0.5, 0.6) is 5.75 Å². The van der Waals surface area contributed by atoms with Crippen LogP contribution in [0.3, 0.4) is 0 Å². The van der Waals surface area contributed by atoms with E-state index in [1.54, 1.807) is 11.6 Å². The lowest BCUT2D eigenvalue weighted by Crippen LogP contribution is -2.28. The van der Waals surface area contributed by atoms with Crippen molar-refractivity contribution in [1.82, 2.24) is 25.1 Å². The number of methoxy groups -OCH3 is 1. The first-order chi connectivity index (χ1) is 14.2. The molecule has 146 valence electrons. The molecule has 0 spiro atoms. The highest BCUT2D eigenvalue weighted by atomic mass is 16.5. The highest BCUT2D eigenvalue weighted by Crippen LogP contribution is 2.21. The standard InChI is InChI=1S/C22H21N5O2/c1-15(16-6-4-3-5-7-16)22(28)23-14-21-25-24-20-13-12-19(26-27(20)21)17-8-10-18(29-2)11-9-17/h3-13,15H,14H2,1-2H3,(H,23,28)/t15-/m0/s1. The second kappa shape index (κ2) is 8.10. The van der Waals surface area contributed by atoms with Crippen LogP contribution in [0.25, 0.3) is 16.9 Å². The van der Waals surface area contributed by atoms with Crippen molar-refractivity contribution in [3.05, 3.63) is 78.1 Å². The molecule has 1 amide bonds. The lowest BCUT2D eigenvalue weighted by Gasteiger charge is -2.12. The van der Waals surface area contributed by atoms with E-state index in [9.17, 15) is 4.79 Å². The summed E-state index contributed by atoms with van der Waals surface area (Å²) in [6, 6.07) is 21.1. The van der Waals surface area contributed by atoms with Crippen LogP contribution in [0, 0.1) is 0 Å². The average Bonchev–Trinajstić information content (AvgIpc) is 3.19. The molecule has 4 aromatic rings. The smallest absolute Gasteiger partial charge is 0.227 e. The minimum absolute atomic E-state index is 0.0701. The van der Waals surface area contributed by atoms with Crippen LogP contribution in [0.4, 0.5) is 0 Å². The molecule has 1 N–H and O–H groups in total. The average molecular weight is 387 g/mol. The highest BCUT2D eigenvalue weighted by molar-refractivity contribution is 5.83. The molecule has 0 bridgehead atoms. The lowest BCUT2D eigenvalue weighted by molar-refractivity contribution is -0.122. The molecule has 0 aliphatic rings. The molecule has 0 unspecified atom stereocenters. The van der Waals surface area contributed by atoms with Gasteiger partial charge in [-0.15, -0.1) is 10.2 Å². The third kappa shape index (κ3) is 3.94. The van der Waals surface area contributed by atoms with Crippen LogP contribution < -0.4 is 10.1 Å². The van der Waals surface area contributed by atoms with Gasteiger partial charge in [0.05, 0.1) is 25.3 Å². The molecule has 1 atom stereocenters. The van der Waals surface area contributed by atoms with E-state index in [-0.39, 0.29) is 18.4 Å². The Morgan fingerprint density at radius 3 is 2.52 bits per heavy atom. The van der Waals surface area contributed by atoms with Crippen molar-refractivity contribution in [2.45, 2.75) is 19.4 Å². The Hall–Kier alpha value is -3.74. The van der Waals surface area contributed by atoms with E-state index < -0.39 is 0 Å². The van der Waals surface area contributed by atoms with E-state index in [1.807, 2.05) is 73.7 Å². The molecule has 2 heterocycles. The number of nitrogens with one attached hydrogen (secondary N) is 1. The van der Waals surface area contributed by atoms with Gasteiger partial charge in [-0.25, -0.2) is 0 Å². The van der Waals surface area contributed by atoms with Gasteiger partial charge in [-0.05, 0) is 48.9 Å². The largest absolute Gasteiger partial charge is 0.497 e. The first kappa shape index (κ1) is 18.6. The van der Waals surface area contributed by atoms with Gasteiger partial charge < -0.3 is 10.1 Å². The topological polar surface area (TPSA) is 81.4 Å². The Morgan fingerprint density at radius 2 is 1.79 bits per heavy atom. The first-order valence-corrected chi connectivity index (χ1v) is 9.34. The predicted molar refractivity (Wildman–Crippen MR) is 109 cm³/mol. The van der Waals surface area contributed by atoms with Crippen molar-refractivity contribution < 1.29 is 9.53 Å². The van der Waals surface area contributed by atoms with Gasteiger partial charge in [-0.2, -0.15) is 9.61 Å². The molecular weight excluding hydrogens is 366 g/mol. The number of ether oxygens (including phenoxy) is 1. The zero-order valence-corrected chi connectivity index (χ0v) is 16.2. The van der Waals surface area contributed by atoms with E-state index in [1.165, 1.54) is 0 Å². The van der Waals surface area contributed by atoms with Crippen molar-refractivity contribution in [2.24, 2.45) is 0 Å². The minimum atomic E-state index is -0.252. The maximum Gasteiger partial charge on any atom is 0.227 e. The summed E-state index contributed by atoms with van der Waals surface area (Å²) in [6.07, 6.45) is 0. The second-order valence-electron chi connectivity index (χ2n) is 6.68. The molecular formula is C22H21N5O2. The van der Waals surface area contributed by atoms with Gasteiger partial charge in [0.1, 0.15) is 5.75 Å². The molecule has 0 aliphatic carbocycles. The summed E-state index contributed by atoms with van der Waals surface area (Å²) in [6.45, 7) is 2.13. The van der Waals surface area contributed by atoms with Crippen LogP contribution in [-0.4, -0.2) is 32.8 Å². The maximum atomic E-state index is 12.5. The van der Waals surface area contributed by atoms with Crippen LogP contribution in [-0.2, 0) is 11.3 Å². The zero-order valence-electron chi connectivity index (χ0n) is 16.2. The number of rotatable bonds is 6. The fourth-order valence-electron chi connectivity index (χ4n) is 3.07. The number of carbonyl (C=O) groups excluding carboxylic acids is 1. The minimum Gasteiger partial charge on any atom is -0.497 e. The van der Waals surface area contributed by atoms with Crippen LogP contribution in [0.15, 0.2) is 66.7 Å². The fourth-order valence-corrected chi connectivity index (χ4v) is 3.07. The summed E-state index contributed by atoms with van der Waals surface area (Å²) in [5, 5.41) is 15.9. The number of fused-ring (bicyclic) bond motifs is 1. The van der Waals surface area contributed by atoms with Crippen molar-refractivity contribution >= 4 is 11.6 Å². The summed E-state index contributed by atoms with van der Waals surface area (Å²) >= 11 is 0. The number of amides is 1. The van der Waals surface area contributed by atoms with Crippen molar-refractivity contribution in [3.63, 3.8) is 0 Å². The normalized spacial score (nSPS) is 11.9. The van der Waals surface area contributed by atoms with Gasteiger partial charge in [-0.1, -0.05) is 30.3 Å². The second-order valence-corrected chi connectivity index (χ2v) is 6.68. The van der Waals surface area contributed by atoms with Gasteiger partial charge in [0, 0.05) is 5.56 Å². The number of aromatic nitrogens is 4. The Morgan fingerprint density at radius 1 is 1.03 bits per heavy atom. The van der Waals surface area contributed by atoms with E-state index in [0.717, 1.165) is 22.6 Å². The van der Waals surface area contributed by atoms with E-state index in [4.69, 9.17) is 4.74 Å². The Bertz CT molecular complexity index is 1120. The van der Waals surface area contributed by atoms with Crippen LogP contribution in [0.2, 0.25) is 0 Å². The molecule has 0 aliphatic heterocycles. The molecule has 0 saturated heterocycles. The molecule has 0 fully saturated rings. The lowest BCUT2D eigenvalue weighted by atomic mass is 10.0. The molecule has 2 aromatic carbocycles. The number of hydrogen-bond donors (Lipinski definition) is 1. The summed E-state index contributed by atoms with van der Waals surface area (Å²) in [4.78, 5) is 12.5. The van der Waals surface area contributed by atoms with Crippen molar-refractivity contribution in [1.29, 1.82) is 0 Å². The molecule has 7 heteroatoms. The van der Waals surface area contributed by atoms with Gasteiger partial charge in [0.2, 0.25) is 5.91 Å². The van der Waals surface area contributed by atoms with Gasteiger partial charge in [0.15, 0.2) is 11.5 Å². The zero-order chi connectivity index (χ0) is 20.2. The molecule has 4 rings (SSSR count). The van der Waals surface area contributed by atoms with E-state index in [2.05, 4.69) is 20.6 Å². The Balaban J connectivity index is 1.52. The van der Waals surface area contributed by atoms with Crippen molar-refractivity contribution in [2.75, 3.05) is 7.11 Å². The van der Waals surface area contributed by atoms with Crippen LogP contribution in [0.1, 0.15) is 24.2 Å². The highest BCUT2D eigenvalue weighted by Gasteiger charge is 2.16. The number of benzene rings is 2. The number of nitrogens with zero attached hydrogens (tertiary/aromatic N) is 4. The summed E-state index contributed by atoms with van der Waals surface area (Å²) < 4.78 is 6.86. The Kier molecular flexibility index (Phi) is 5.20. The predicted octanol–water partition coefficient (Wildman–Crippen LogP) is 3.22. The third-order valence-corrected chi connectivity index (χ3v) is 4.83. The molecule has 7 nitrogen and oxygen atoms in total. The SMILES string of the molecule is COc1ccc(-c2ccc3nnc(CNC(=O)[C@@H](C)c4ccccc4)n3n2)cc1.